The third-order valence-corrected chi connectivity index (χ3v) is 2.99. The molecule has 0 saturated heterocycles. The van der Waals surface area contributed by atoms with E-state index in [4.69, 9.17) is 5.73 Å². The summed E-state index contributed by atoms with van der Waals surface area (Å²) in [6.45, 7) is 0. The van der Waals surface area contributed by atoms with E-state index in [1.807, 2.05) is 0 Å². The second kappa shape index (κ2) is 4.38. The average Bonchev–Trinajstić information content (AvgIpc) is 2.15. The predicted molar refractivity (Wildman–Crippen MR) is 53.2 cm³/mol. The van der Waals surface area contributed by atoms with E-state index in [9.17, 15) is 13.6 Å². The van der Waals surface area contributed by atoms with Crippen LogP contribution in [0.5, 0.6) is 0 Å². The Morgan fingerprint density at radius 2 is 2.00 bits per heavy atom. The van der Waals surface area contributed by atoms with E-state index >= 15 is 0 Å². The highest BCUT2D eigenvalue weighted by atomic mass is 19.3. The first kappa shape index (κ1) is 11.6. The van der Waals surface area contributed by atoms with Crippen molar-refractivity contribution in [3.63, 3.8) is 0 Å². The molecular formula is C9H16BF2NO. The molecule has 80 valence electrons. The summed E-state index contributed by atoms with van der Waals surface area (Å²) in [6, 6.07) is -0.531. The van der Waals surface area contributed by atoms with Crippen LogP contribution in [0.2, 0.25) is 6.32 Å². The van der Waals surface area contributed by atoms with E-state index in [0.29, 0.717) is 19.2 Å². The van der Waals surface area contributed by atoms with Gasteiger partial charge in [-0.2, -0.15) is 0 Å². The molecule has 1 fully saturated rings. The monoisotopic (exact) mass is 203 g/mol. The van der Waals surface area contributed by atoms with Gasteiger partial charge in [-0.3, -0.25) is 4.79 Å². The lowest BCUT2D eigenvalue weighted by molar-refractivity contribution is -0.120. The van der Waals surface area contributed by atoms with E-state index in [0.717, 1.165) is 0 Å². The topological polar surface area (TPSA) is 43.1 Å². The molecule has 2 N–H and O–H groups in total. The van der Waals surface area contributed by atoms with Crippen LogP contribution in [0, 0.1) is 5.92 Å². The highest BCUT2D eigenvalue weighted by molar-refractivity contribution is 6.21. The molecule has 0 aromatic rings. The van der Waals surface area contributed by atoms with Gasteiger partial charge in [-0.05, 0) is 25.1 Å². The van der Waals surface area contributed by atoms with Gasteiger partial charge in [-0.25, -0.2) is 8.78 Å². The second-order valence-electron chi connectivity index (χ2n) is 4.04. The number of nitrogens with two attached hydrogens (primary N) is 1. The van der Waals surface area contributed by atoms with Gasteiger partial charge in [0.1, 0.15) is 13.6 Å². The summed E-state index contributed by atoms with van der Waals surface area (Å²) in [5.74, 6) is -2.59. The molecule has 0 aliphatic heterocycles. The molecule has 0 aromatic heterocycles. The number of carbonyl (C=O) groups excluding carboxylic acids is 1. The molecule has 0 unspecified atom stereocenters. The molecule has 0 radical (unpaired) electrons. The van der Waals surface area contributed by atoms with Crippen molar-refractivity contribution in [2.75, 3.05) is 0 Å². The Kier molecular flexibility index (Phi) is 3.64. The number of rotatable bonds is 3. The molecule has 0 spiro atoms. The van der Waals surface area contributed by atoms with E-state index in [2.05, 4.69) is 0 Å². The van der Waals surface area contributed by atoms with Crippen LogP contribution in [0.1, 0.15) is 25.7 Å². The van der Waals surface area contributed by atoms with Gasteiger partial charge in [-0.1, -0.05) is 0 Å². The molecular weight excluding hydrogens is 187 g/mol. The van der Waals surface area contributed by atoms with Gasteiger partial charge in [-0.15, -0.1) is 0 Å². The first-order chi connectivity index (χ1) is 6.46. The minimum Gasteiger partial charge on any atom is -0.321 e. The van der Waals surface area contributed by atoms with Gasteiger partial charge in [0.15, 0.2) is 0 Å². The van der Waals surface area contributed by atoms with Crippen LogP contribution in [0.15, 0.2) is 0 Å². The summed E-state index contributed by atoms with van der Waals surface area (Å²) >= 11 is 0. The minimum absolute atomic E-state index is 0.0137. The number of alkyl halides is 2. The molecule has 0 bridgehead atoms. The largest absolute Gasteiger partial charge is 0.321 e. The summed E-state index contributed by atoms with van der Waals surface area (Å²) in [7, 11) is 1.75. The van der Waals surface area contributed by atoms with E-state index < -0.39 is 12.0 Å². The maximum atomic E-state index is 12.8. The number of Topliss-reactive ketones (excluding diaryl/α,β-unsaturated/α-hetero) is 1. The number of ketones is 1. The maximum Gasteiger partial charge on any atom is 0.248 e. The van der Waals surface area contributed by atoms with Crippen molar-refractivity contribution < 1.29 is 13.6 Å². The fraction of sp³-hybridized carbons (Fsp3) is 0.889. The SMILES string of the molecule is BCC(=O)[C@@H](N)C1CCC(F)(F)CC1. The summed E-state index contributed by atoms with van der Waals surface area (Å²) in [5.41, 5.74) is 5.70. The highest BCUT2D eigenvalue weighted by Gasteiger charge is 2.37. The predicted octanol–water partition coefficient (Wildman–Crippen LogP) is 0.760. The zero-order valence-corrected chi connectivity index (χ0v) is 8.43. The molecule has 0 aromatic carbocycles. The fourth-order valence-corrected chi connectivity index (χ4v) is 1.92. The third-order valence-electron chi connectivity index (χ3n) is 2.99. The molecule has 1 aliphatic rings. The first-order valence-corrected chi connectivity index (χ1v) is 5.12. The summed E-state index contributed by atoms with van der Waals surface area (Å²) < 4.78 is 25.6. The number of hydrogen-bond donors (Lipinski definition) is 1. The molecule has 1 rings (SSSR count). The zero-order chi connectivity index (χ0) is 10.8. The molecule has 1 aliphatic carbocycles. The van der Waals surface area contributed by atoms with Crippen molar-refractivity contribution in [3.8, 4) is 0 Å². The Balaban J connectivity index is 2.45. The smallest absolute Gasteiger partial charge is 0.248 e. The third kappa shape index (κ3) is 2.77. The lowest BCUT2D eigenvalue weighted by Gasteiger charge is -2.31. The molecule has 5 heteroatoms. The van der Waals surface area contributed by atoms with Gasteiger partial charge in [0.05, 0.1) is 6.04 Å². The van der Waals surface area contributed by atoms with Crippen molar-refractivity contribution in [3.05, 3.63) is 0 Å². The molecule has 14 heavy (non-hydrogen) atoms. The number of halogens is 2. The Morgan fingerprint density at radius 1 is 1.50 bits per heavy atom. The second-order valence-corrected chi connectivity index (χ2v) is 4.04. The summed E-state index contributed by atoms with van der Waals surface area (Å²) in [5, 5.41) is 0. The van der Waals surface area contributed by atoms with E-state index in [-0.39, 0.29) is 24.5 Å². The lowest BCUT2D eigenvalue weighted by Crippen LogP contribution is -2.41. The Morgan fingerprint density at radius 3 is 2.43 bits per heavy atom. The van der Waals surface area contributed by atoms with E-state index in [1.54, 1.807) is 7.85 Å². The molecule has 1 atom stereocenters. The van der Waals surface area contributed by atoms with Crippen molar-refractivity contribution in [2.24, 2.45) is 11.7 Å². The van der Waals surface area contributed by atoms with Crippen LogP contribution in [-0.4, -0.2) is 25.6 Å². The van der Waals surface area contributed by atoms with Crippen molar-refractivity contribution >= 4 is 13.6 Å². The zero-order valence-electron chi connectivity index (χ0n) is 8.43. The molecule has 0 heterocycles. The average molecular weight is 203 g/mol. The van der Waals surface area contributed by atoms with Crippen LogP contribution in [0.25, 0.3) is 0 Å². The van der Waals surface area contributed by atoms with Crippen LogP contribution in [0.3, 0.4) is 0 Å². The first-order valence-electron chi connectivity index (χ1n) is 5.12. The van der Waals surface area contributed by atoms with Crippen LogP contribution in [0.4, 0.5) is 8.78 Å². The van der Waals surface area contributed by atoms with Crippen molar-refractivity contribution in [2.45, 2.75) is 44.0 Å². The lowest BCUT2D eigenvalue weighted by atomic mass is 9.79. The number of hydrogen-bond acceptors (Lipinski definition) is 2. The quantitative estimate of drug-likeness (QED) is 0.688. The van der Waals surface area contributed by atoms with Gasteiger partial charge < -0.3 is 5.73 Å². The molecule has 0 amide bonds. The Bertz CT molecular complexity index is 213. The minimum atomic E-state index is -2.54. The van der Waals surface area contributed by atoms with Gasteiger partial charge >= 0.3 is 0 Å². The highest BCUT2D eigenvalue weighted by Crippen LogP contribution is 2.37. The van der Waals surface area contributed by atoms with Gasteiger partial charge in [0, 0.05) is 12.8 Å². The van der Waals surface area contributed by atoms with Crippen molar-refractivity contribution in [1.29, 1.82) is 0 Å². The molecule has 2 nitrogen and oxygen atoms in total. The Labute approximate surface area is 83.6 Å². The van der Waals surface area contributed by atoms with Crippen LogP contribution < -0.4 is 5.73 Å². The van der Waals surface area contributed by atoms with Gasteiger partial charge in [0.25, 0.3) is 0 Å². The van der Waals surface area contributed by atoms with E-state index in [1.165, 1.54) is 0 Å². The van der Waals surface area contributed by atoms with Crippen LogP contribution in [-0.2, 0) is 4.79 Å². The summed E-state index contributed by atoms with van der Waals surface area (Å²) in [6.07, 6.45) is 0.901. The van der Waals surface area contributed by atoms with Crippen LogP contribution >= 0.6 is 0 Å². The maximum absolute atomic E-state index is 12.8. The van der Waals surface area contributed by atoms with Gasteiger partial charge in [0.2, 0.25) is 5.92 Å². The van der Waals surface area contributed by atoms with Crippen molar-refractivity contribution in [1.82, 2.24) is 0 Å². The standard InChI is InChI=1S/C9H16BF2NO/c10-5-7(14)8(13)6-1-3-9(11,12)4-2-6/h6,8H,1-5,10,13H2/t8-/m0/s1. The number of carbonyl (C=O) groups is 1. The Hall–Kier alpha value is -0.445. The summed E-state index contributed by atoms with van der Waals surface area (Å²) in [4.78, 5) is 11.3. The molecule has 1 saturated carbocycles. The fourth-order valence-electron chi connectivity index (χ4n) is 1.92. The normalized spacial score (nSPS) is 24.5.